The first-order valence-corrected chi connectivity index (χ1v) is 11.8. The van der Waals surface area contributed by atoms with Gasteiger partial charge in [0.15, 0.2) is 0 Å². The molecule has 0 aliphatic rings. The van der Waals surface area contributed by atoms with E-state index in [4.69, 9.17) is 9.47 Å². The molecule has 1 aromatic heterocycles. The maximum Gasteiger partial charge on any atom is 0.261 e. The maximum atomic E-state index is 12.8. The first-order chi connectivity index (χ1) is 15.0. The van der Waals surface area contributed by atoms with Crippen molar-refractivity contribution in [1.29, 1.82) is 0 Å². The summed E-state index contributed by atoms with van der Waals surface area (Å²) in [7, 11) is -3.73. The predicted octanol–water partition coefficient (Wildman–Crippen LogP) is 4.91. The fourth-order valence-electron chi connectivity index (χ4n) is 2.76. The smallest absolute Gasteiger partial charge is 0.261 e. The Balaban J connectivity index is 1.70. The summed E-state index contributed by atoms with van der Waals surface area (Å²) in [5.74, 6) is 1.11. The van der Waals surface area contributed by atoms with Gasteiger partial charge in [-0.25, -0.2) is 8.42 Å². The molecule has 2 aromatic carbocycles. The molecule has 31 heavy (non-hydrogen) atoms. The molecule has 0 fully saturated rings. The Morgan fingerprint density at radius 3 is 2.35 bits per heavy atom. The van der Waals surface area contributed by atoms with Gasteiger partial charge in [-0.2, -0.15) is 0 Å². The highest BCUT2D eigenvalue weighted by Gasteiger charge is 2.15. The summed E-state index contributed by atoms with van der Waals surface area (Å²) in [5.41, 5.74) is 1.81. The molecule has 1 N–H and O–H groups in total. The van der Waals surface area contributed by atoms with Gasteiger partial charge in [-0.1, -0.05) is 32.4 Å². The lowest BCUT2D eigenvalue weighted by Crippen LogP contribution is -2.13. The minimum absolute atomic E-state index is 0.165. The Labute approximate surface area is 183 Å². The highest BCUT2D eigenvalue weighted by molar-refractivity contribution is 7.92. The number of benzene rings is 2. The van der Waals surface area contributed by atoms with Crippen LogP contribution in [0.5, 0.6) is 11.6 Å². The van der Waals surface area contributed by atoms with Crippen LogP contribution >= 0.6 is 0 Å². The van der Waals surface area contributed by atoms with Crippen LogP contribution in [0.2, 0.25) is 0 Å². The van der Waals surface area contributed by atoms with Crippen LogP contribution in [0.3, 0.4) is 0 Å². The Bertz CT molecular complexity index is 1070. The third-order valence-corrected chi connectivity index (χ3v) is 5.80. The molecule has 3 rings (SSSR count). The molecule has 0 unspecified atom stereocenters. The zero-order valence-corrected chi connectivity index (χ0v) is 18.6. The molecule has 7 nitrogen and oxygen atoms in total. The van der Waals surface area contributed by atoms with E-state index in [2.05, 4.69) is 21.8 Å². The normalized spacial score (nSPS) is 11.2. The summed E-state index contributed by atoms with van der Waals surface area (Å²) in [6.07, 6.45) is 2.88. The molecule has 0 saturated carbocycles. The van der Waals surface area contributed by atoms with Crippen molar-refractivity contribution in [3.05, 3.63) is 60.7 Å². The Morgan fingerprint density at radius 2 is 1.68 bits per heavy atom. The number of hydrogen-bond acceptors (Lipinski definition) is 6. The van der Waals surface area contributed by atoms with Crippen LogP contribution in [0.15, 0.2) is 65.6 Å². The van der Waals surface area contributed by atoms with E-state index in [1.165, 1.54) is 12.1 Å². The van der Waals surface area contributed by atoms with Gasteiger partial charge in [0.2, 0.25) is 5.88 Å². The Hall–Kier alpha value is -3.13. The lowest BCUT2D eigenvalue weighted by atomic mass is 10.1. The largest absolute Gasteiger partial charge is 0.494 e. The monoisotopic (exact) mass is 441 g/mol. The molecule has 1 heterocycles. The molecule has 0 spiro atoms. The summed E-state index contributed by atoms with van der Waals surface area (Å²) >= 11 is 0. The van der Waals surface area contributed by atoms with Gasteiger partial charge in [-0.15, -0.1) is 10.2 Å². The number of rotatable bonds is 11. The molecular weight excluding hydrogens is 414 g/mol. The molecule has 164 valence electrons. The van der Waals surface area contributed by atoms with Gasteiger partial charge in [0.1, 0.15) is 5.75 Å². The fourth-order valence-corrected chi connectivity index (χ4v) is 3.81. The summed E-state index contributed by atoms with van der Waals surface area (Å²) in [4.78, 5) is 0.165. The van der Waals surface area contributed by atoms with Crippen molar-refractivity contribution in [3.63, 3.8) is 0 Å². The average Bonchev–Trinajstić information content (AvgIpc) is 2.78. The van der Waals surface area contributed by atoms with Gasteiger partial charge < -0.3 is 9.47 Å². The molecule has 0 bridgehead atoms. The van der Waals surface area contributed by atoms with Gasteiger partial charge in [-0.05, 0) is 55.3 Å². The first-order valence-electron chi connectivity index (χ1n) is 10.3. The zero-order chi connectivity index (χ0) is 22.1. The lowest BCUT2D eigenvalue weighted by Gasteiger charge is -2.11. The van der Waals surface area contributed by atoms with Crippen LogP contribution in [-0.4, -0.2) is 31.8 Å². The van der Waals surface area contributed by atoms with E-state index in [1.807, 2.05) is 13.0 Å². The second-order valence-corrected chi connectivity index (χ2v) is 8.65. The number of hydrogen-bond donors (Lipinski definition) is 1. The number of nitrogens with one attached hydrogen (secondary N) is 1. The van der Waals surface area contributed by atoms with E-state index in [1.54, 1.807) is 42.5 Å². The van der Waals surface area contributed by atoms with E-state index in [9.17, 15) is 8.42 Å². The number of unbranched alkanes of at least 4 members (excludes halogenated alkanes) is 1. The molecule has 0 saturated heterocycles. The van der Waals surface area contributed by atoms with E-state index in [0.717, 1.165) is 24.8 Å². The standard InChI is InChI=1S/C23H27N3O4S/c1-3-5-16-29-20-9-11-21(12-10-20)31(27,28)26-19-8-6-7-18(17-19)22-13-14-23(25-24-22)30-15-4-2/h6-14,17,26H,3-5,15-16H2,1-2H3. The Morgan fingerprint density at radius 1 is 0.871 bits per heavy atom. The van der Waals surface area contributed by atoms with Crippen molar-refractivity contribution in [3.8, 4) is 22.9 Å². The van der Waals surface area contributed by atoms with E-state index < -0.39 is 10.0 Å². The van der Waals surface area contributed by atoms with Crippen molar-refractivity contribution in [2.45, 2.75) is 38.0 Å². The van der Waals surface area contributed by atoms with Crippen LogP contribution in [0.25, 0.3) is 11.3 Å². The van der Waals surface area contributed by atoms with Gasteiger partial charge in [0.25, 0.3) is 10.0 Å². The predicted molar refractivity (Wildman–Crippen MR) is 121 cm³/mol. The molecule has 0 aliphatic heterocycles. The van der Waals surface area contributed by atoms with Crippen LogP contribution in [0, 0.1) is 0 Å². The van der Waals surface area contributed by atoms with Crippen molar-refractivity contribution < 1.29 is 17.9 Å². The van der Waals surface area contributed by atoms with Gasteiger partial charge in [0, 0.05) is 17.3 Å². The van der Waals surface area contributed by atoms with Crippen LogP contribution in [-0.2, 0) is 10.0 Å². The van der Waals surface area contributed by atoms with Crippen LogP contribution in [0.4, 0.5) is 5.69 Å². The molecule has 0 amide bonds. The molecule has 0 aliphatic carbocycles. The quantitative estimate of drug-likeness (QED) is 0.425. The van der Waals surface area contributed by atoms with Crippen LogP contribution < -0.4 is 14.2 Å². The molecule has 3 aromatic rings. The fraction of sp³-hybridized carbons (Fsp3) is 0.304. The highest BCUT2D eigenvalue weighted by atomic mass is 32.2. The summed E-state index contributed by atoms with van der Waals surface area (Å²) < 4.78 is 39.2. The SMILES string of the molecule is CCCCOc1ccc(S(=O)(=O)Nc2cccc(-c3ccc(OCCC)nn3)c2)cc1. The minimum atomic E-state index is -3.73. The minimum Gasteiger partial charge on any atom is -0.494 e. The third kappa shape index (κ3) is 6.42. The third-order valence-electron chi connectivity index (χ3n) is 4.41. The highest BCUT2D eigenvalue weighted by Crippen LogP contribution is 2.24. The van der Waals surface area contributed by atoms with E-state index >= 15 is 0 Å². The number of anilines is 1. The molecule has 0 radical (unpaired) electrons. The second-order valence-electron chi connectivity index (χ2n) is 6.96. The summed E-state index contributed by atoms with van der Waals surface area (Å²) in [6, 6.07) is 17.0. The zero-order valence-electron chi connectivity index (χ0n) is 17.7. The molecular formula is C23H27N3O4S. The average molecular weight is 442 g/mol. The topological polar surface area (TPSA) is 90.4 Å². The van der Waals surface area contributed by atoms with E-state index in [-0.39, 0.29) is 4.90 Å². The molecule has 0 atom stereocenters. The summed E-state index contributed by atoms with van der Waals surface area (Å²) in [6.45, 7) is 5.30. The lowest BCUT2D eigenvalue weighted by molar-refractivity contribution is 0.302. The van der Waals surface area contributed by atoms with E-state index in [0.29, 0.717) is 36.2 Å². The Kier molecular flexibility index (Phi) is 7.83. The van der Waals surface area contributed by atoms with Crippen molar-refractivity contribution in [1.82, 2.24) is 10.2 Å². The van der Waals surface area contributed by atoms with Gasteiger partial charge >= 0.3 is 0 Å². The number of ether oxygens (including phenoxy) is 2. The van der Waals surface area contributed by atoms with Gasteiger partial charge in [-0.3, -0.25) is 4.72 Å². The van der Waals surface area contributed by atoms with Crippen molar-refractivity contribution in [2.24, 2.45) is 0 Å². The first kappa shape index (κ1) is 22.6. The maximum absolute atomic E-state index is 12.8. The van der Waals surface area contributed by atoms with Crippen molar-refractivity contribution >= 4 is 15.7 Å². The summed E-state index contributed by atoms with van der Waals surface area (Å²) in [5, 5.41) is 8.23. The van der Waals surface area contributed by atoms with Crippen molar-refractivity contribution in [2.75, 3.05) is 17.9 Å². The number of aromatic nitrogens is 2. The molecule has 8 heteroatoms. The van der Waals surface area contributed by atoms with Gasteiger partial charge in [0.05, 0.1) is 23.8 Å². The number of sulfonamides is 1. The van der Waals surface area contributed by atoms with Crippen LogP contribution in [0.1, 0.15) is 33.1 Å². The second kappa shape index (κ2) is 10.8. The number of nitrogens with zero attached hydrogens (tertiary/aromatic N) is 2.